The number of aromatic nitrogens is 1. The van der Waals surface area contributed by atoms with Crippen molar-refractivity contribution in [3.8, 4) is 0 Å². The molecule has 1 N–H and O–H groups in total. The second-order valence-electron chi connectivity index (χ2n) is 7.50. The Bertz CT molecular complexity index is 748. The van der Waals surface area contributed by atoms with Gasteiger partial charge in [0.05, 0.1) is 0 Å². The quantitative estimate of drug-likeness (QED) is 0.926. The van der Waals surface area contributed by atoms with Crippen LogP contribution in [0.25, 0.3) is 10.9 Å². The number of likely N-dealkylation sites (N-methyl/N-ethyl adjacent to an activating group) is 1. The van der Waals surface area contributed by atoms with Gasteiger partial charge in [-0.25, -0.2) is 0 Å². The van der Waals surface area contributed by atoms with Gasteiger partial charge in [0.2, 0.25) is 5.91 Å². The summed E-state index contributed by atoms with van der Waals surface area (Å²) in [4.78, 5) is 19.8. The number of rotatable bonds is 2. The summed E-state index contributed by atoms with van der Waals surface area (Å²) in [6.07, 6.45) is 5.08. The molecule has 1 aliphatic carbocycles. The van der Waals surface area contributed by atoms with Crippen molar-refractivity contribution < 1.29 is 4.79 Å². The predicted molar refractivity (Wildman–Crippen MR) is 92.6 cm³/mol. The second kappa shape index (κ2) is 5.38. The summed E-state index contributed by atoms with van der Waals surface area (Å²) in [6, 6.07) is 7.19. The molecule has 1 unspecified atom stereocenters. The average molecular weight is 311 g/mol. The molecule has 0 saturated carbocycles. The standard InChI is InChI=1S/C19H25N3O/c1-21(2)18(23)8-12-7-15-14-5-4-6-16-19(14)13(10-20-16)9-17(15)22(3)11-12/h4-6,10,12,15,17,20H,7-9,11H2,1-3H3/t12-,15?,17+/m0/s1. The normalized spacial score (nSPS) is 27.0. The van der Waals surface area contributed by atoms with Crippen LogP contribution in [0.4, 0.5) is 0 Å². The zero-order chi connectivity index (χ0) is 16.1. The number of likely N-dealkylation sites (tertiary alicyclic amines) is 1. The van der Waals surface area contributed by atoms with E-state index in [1.807, 2.05) is 14.1 Å². The number of carbonyl (C=O) groups is 1. The van der Waals surface area contributed by atoms with Gasteiger partial charge in [-0.3, -0.25) is 4.79 Å². The van der Waals surface area contributed by atoms with Crippen molar-refractivity contribution in [1.29, 1.82) is 0 Å². The topological polar surface area (TPSA) is 39.3 Å². The van der Waals surface area contributed by atoms with E-state index in [4.69, 9.17) is 0 Å². The van der Waals surface area contributed by atoms with E-state index >= 15 is 0 Å². The van der Waals surface area contributed by atoms with Gasteiger partial charge < -0.3 is 14.8 Å². The van der Waals surface area contributed by atoms with Gasteiger partial charge in [0, 0.05) is 56.1 Å². The molecule has 0 spiro atoms. The van der Waals surface area contributed by atoms with Crippen LogP contribution in [0.5, 0.6) is 0 Å². The Morgan fingerprint density at radius 3 is 3.00 bits per heavy atom. The van der Waals surface area contributed by atoms with Crippen LogP contribution < -0.4 is 0 Å². The lowest BCUT2D eigenvalue weighted by Crippen LogP contribution is -2.48. The monoisotopic (exact) mass is 311 g/mol. The van der Waals surface area contributed by atoms with E-state index in [0.29, 0.717) is 24.3 Å². The van der Waals surface area contributed by atoms with Gasteiger partial charge in [0.25, 0.3) is 0 Å². The van der Waals surface area contributed by atoms with Gasteiger partial charge in [-0.2, -0.15) is 0 Å². The number of aromatic amines is 1. The first-order valence-electron chi connectivity index (χ1n) is 8.54. The highest BCUT2D eigenvalue weighted by molar-refractivity contribution is 5.88. The number of fused-ring (bicyclic) bond motifs is 2. The number of hydrogen-bond donors (Lipinski definition) is 1. The van der Waals surface area contributed by atoms with Crippen molar-refractivity contribution in [3.05, 3.63) is 35.5 Å². The van der Waals surface area contributed by atoms with Crippen LogP contribution >= 0.6 is 0 Å². The fourth-order valence-corrected chi connectivity index (χ4v) is 4.63. The van der Waals surface area contributed by atoms with Crippen molar-refractivity contribution in [1.82, 2.24) is 14.8 Å². The van der Waals surface area contributed by atoms with Crippen LogP contribution in [0.15, 0.2) is 24.4 Å². The van der Waals surface area contributed by atoms with Gasteiger partial charge in [-0.1, -0.05) is 12.1 Å². The molecule has 2 aromatic rings. The molecule has 4 rings (SSSR count). The molecule has 1 fully saturated rings. The molecule has 4 heteroatoms. The van der Waals surface area contributed by atoms with E-state index in [0.717, 1.165) is 19.4 Å². The summed E-state index contributed by atoms with van der Waals surface area (Å²) in [5.74, 6) is 1.24. The molecule has 3 atom stereocenters. The molecular formula is C19H25N3O. The van der Waals surface area contributed by atoms with Crippen molar-refractivity contribution in [3.63, 3.8) is 0 Å². The van der Waals surface area contributed by atoms with Crippen LogP contribution in [-0.2, 0) is 11.2 Å². The summed E-state index contributed by atoms with van der Waals surface area (Å²) in [5.41, 5.74) is 4.18. The third-order valence-electron chi connectivity index (χ3n) is 5.77. The molecule has 23 heavy (non-hydrogen) atoms. The Hall–Kier alpha value is -1.81. The van der Waals surface area contributed by atoms with E-state index in [-0.39, 0.29) is 5.91 Å². The highest BCUT2D eigenvalue weighted by Crippen LogP contribution is 2.44. The summed E-state index contributed by atoms with van der Waals surface area (Å²) < 4.78 is 0. The zero-order valence-corrected chi connectivity index (χ0v) is 14.2. The van der Waals surface area contributed by atoms with E-state index in [2.05, 4.69) is 41.3 Å². The average Bonchev–Trinajstić information content (AvgIpc) is 2.93. The van der Waals surface area contributed by atoms with E-state index < -0.39 is 0 Å². The van der Waals surface area contributed by atoms with Crippen molar-refractivity contribution >= 4 is 16.8 Å². The molecule has 1 aromatic carbocycles. The molecule has 122 valence electrons. The smallest absolute Gasteiger partial charge is 0.222 e. The molecule has 0 radical (unpaired) electrons. The van der Waals surface area contributed by atoms with Crippen LogP contribution in [0.1, 0.15) is 29.9 Å². The predicted octanol–water partition coefficient (Wildman–Crippen LogP) is 2.61. The second-order valence-corrected chi connectivity index (χ2v) is 7.50. The van der Waals surface area contributed by atoms with Crippen LogP contribution in [0.3, 0.4) is 0 Å². The highest BCUT2D eigenvalue weighted by atomic mass is 16.2. The Kier molecular flexibility index (Phi) is 3.45. The SMILES string of the molecule is CN(C)C(=O)C[C@@H]1CC2c3cccc4[nH]cc(c34)C[C@H]2N(C)C1. The van der Waals surface area contributed by atoms with Gasteiger partial charge in [0.15, 0.2) is 0 Å². The lowest BCUT2D eigenvalue weighted by atomic mass is 9.72. The molecular weight excluding hydrogens is 286 g/mol. The zero-order valence-electron chi connectivity index (χ0n) is 14.2. The lowest BCUT2D eigenvalue weighted by molar-refractivity contribution is -0.130. The maximum Gasteiger partial charge on any atom is 0.222 e. The van der Waals surface area contributed by atoms with Gasteiger partial charge >= 0.3 is 0 Å². The minimum atomic E-state index is 0.248. The number of H-pyrrole nitrogens is 1. The van der Waals surface area contributed by atoms with E-state index in [9.17, 15) is 4.79 Å². The minimum Gasteiger partial charge on any atom is -0.361 e. The summed E-state index contributed by atoms with van der Waals surface area (Å²) in [7, 11) is 5.93. The number of piperidine rings is 1. The fraction of sp³-hybridized carbons (Fsp3) is 0.526. The Morgan fingerprint density at radius 1 is 1.39 bits per heavy atom. The summed E-state index contributed by atoms with van der Waals surface area (Å²) >= 11 is 0. The maximum atomic E-state index is 12.1. The number of benzene rings is 1. The number of carbonyl (C=O) groups excluding carboxylic acids is 1. The molecule has 1 amide bonds. The largest absolute Gasteiger partial charge is 0.361 e. The summed E-state index contributed by atoms with van der Waals surface area (Å²) in [6.45, 7) is 1.02. The molecule has 2 heterocycles. The first kappa shape index (κ1) is 14.8. The Balaban J connectivity index is 1.67. The third-order valence-corrected chi connectivity index (χ3v) is 5.77. The molecule has 1 saturated heterocycles. The van der Waals surface area contributed by atoms with Crippen LogP contribution in [0.2, 0.25) is 0 Å². The number of nitrogens with one attached hydrogen (secondary N) is 1. The van der Waals surface area contributed by atoms with Crippen LogP contribution in [-0.4, -0.2) is 54.4 Å². The lowest BCUT2D eigenvalue weighted by Gasteiger charge is -2.45. The molecule has 1 aliphatic heterocycles. The van der Waals surface area contributed by atoms with Gasteiger partial charge in [-0.05, 0) is 43.0 Å². The summed E-state index contributed by atoms with van der Waals surface area (Å²) in [5, 5.41) is 1.43. The first-order valence-corrected chi connectivity index (χ1v) is 8.54. The number of nitrogens with zero attached hydrogens (tertiary/aromatic N) is 2. The molecule has 1 aromatic heterocycles. The number of amides is 1. The Morgan fingerprint density at radius 2 is 2.22 bits per heavy atom. The fourth-order valence-electron chi connectivity index (χ4n) is 4.63. The molecule has 4 nitrogen and oxygen atoms in total. The maximum absolute atomic E-state index is 12.1. The van der Waals surface area contributed by atoms with Crippen LogP contribution in [0, 0.1) is 5.92 Å². The molecule has 0 bridgehead atoms. The third kappa shape index (κ3) is 2.36. The molecule has 2 aliphatic rings. The first-order chi connectivity index (χ1) is 11.0. The van der Waals surface area contributed by atoms with E-state index in [1.165, 1.54) is 22.0 Å². The highest BCUT2D eigenvalue weighted by Gasteiger charge is 2.39. The van der Waals surface area contributed by atoms with Crippen molar-refractivity contribution in [2.75, 3.05) is 27.7 Å². The number of hydrogen-bond acceptors (Lipinski definition) is 2. The van der Waals surface area contributed by atoms with E-state index in [1.54, 1.807) is 4.90 Å². The van der Waals surface area contributed by atoms with Gasteiger partial charge in [-0.15, -0.1) is 0 Å². The van der Waals surface area contributed by atoms with Gasteiger partial charge in [0.1, 0.15) is 0 Å². The Labute approximate surface area is 137 Å². The van der Waals surface area contributed by atoms with Crippen molar-refractivity contribution in [2.24, 2.45) is 5.92 Å². The van der Waals surface area contributed by atoms with Crippen molar-refractivity contribution in [2.45, 2.75) is 31.2 Å². The minimum absolute atomic E-state index is 0.248.